The van der Waals surface area contributed by atoms with Gasteiger partial charge in [0.2, 0.25) is 5.95 Å². The lowest BCUT2D eigenvalue weighted by Crippen LogP contribution is -2.29. The van der Waals surface area contributed by atoms with Crippen LogP contribution in [0.1, 0.15) is 15.9 Å². The molecule has 6 heteroatoms. The maximum Gasteiger partial charge on any atom is 0.261 e. The predicted molar refractivity (Wildman–Crippen MR) is 90.9 cm³/mol. The molecule has 3 rings (SSSR count). The van der Waals surface area contributed by atoms with Crippen molar-refractivity contribution in [1.29, 1.82) is 0 Å². The molecule has 0 unspecified atom stereocenters. The van der Waals surface area contributed by atoms with Crippen LogP contribution >= 0.6 is 0 Å². The molecule has 1 amide bonds. The monoisotopic (exact) mass is 311 g/mol. The third kappa shape index (κ3) is 3.48. The van der Waals surface area contributed by atoms with Gasteiger partial charge in [0.1, 0.15) is 0 Å². The van der Waals surface area contributed by atoms with Gasteiger partial charge in [-0.05, 0) is 32.1 Å². The van der Waals surface area contributed by atoms with Crippen LogP contribution in [0, 0.1) is 0 Å². The van der Waals surface area contributed by atoms with E-state index in [9.17, 15) is 4.79 Å². The summed E-state index contributed by atoms with van der Waals surface area (Å²) < 4.78 is 0. The van der Waals surface area contributed by atoms with E-state index in [1.165, 1.54) is 5.56 Å². The number of amides is 1. The van der Waals surface area contributed by atoms with Crippen LogP contribution in [-0.2, 0) is 6.42 Å². The fraction of sp³-hybridized carbons (Fsp3) is 0.353. The number of likely N-dealkylation sites (N-methyl/N-ethyl adjacent to an activating group) is 1. The predicted octanol–water partition coefficient (Wildman–Crippen LogP) is 1.65. The zero-order chi connectivity index (χ0) is 16.2. The van der Waals surface area contributed by atoms with E-state index < -0.39 is 0 Å². The Bertz CT molecular complexity index is 684. The largest absolute Gasteiger partial charge is 0.353 e. The first-order valence-corrected chi connectivity index (χ1v) is 7.75. The first-order chi connectivity index (χ1) is 11.1. The molecule has 0 saturated heterocycles. The van der Waals surface area contributed by atoms with E-state index in [4.69, 9.17) is 0 Å². The van der Waals surface area contributed by atoms with Gasteiger partial charge in [-0.1, -0.05) is 18.2 Å². The highest BCUT2D eigenvalue weighted by Gasteiger charge is 2.25. The zero-order valence-corrected chi connectivity index (χ0v) is 13.5. The average molecular weight is 311 g/mol. The molecule has 0 saturated carbocycles. The van der Waals surface area contributed by atoms with Gasteiger partial charge in [0, 0.05) is 37.7 Å². The van der Waals surface area contributed by atoms with E-state index in [1.54, 1.807) is 17.3 Å². The number of fused-ring (bicyclic) bond motifs is 1. The summed E-state index contributed by atoms with van der Waals surface area (Å²) in [5.41, 5.74) is 2.72. The van der Waals surface area contributed by atoms with Crippen molar-refractivity contribution in [1.82, 2.24) is 14.9 Å². The quantitative estimate of drug-likeness (QED) is 0.910. The Kier molecular flexibility index (Phi) is 4.52. The van der Waals surface area contributed by atoms with Crippen molar-refractivity contribution in [2.45, 2.75) is 6.42 Å². The molecule has 2 aromatic rings. The van der Waals surface area contributed by atoms with Crippen LogP contribution in [-0.4, -0.2) is 54.5 Å². The van der Waals surface area contributed by atoms with Gasteiger partial charge in [0.05, 0.1) is 5.56 Å². The lowest BCUT2D eigenvalue weighted by Gasteiger charge is -2.17. The highest BCUT2D eigenvalue weighted by Crippen LogP contribution is 2.28. The van der Waals surface area contributed by atoms with Crippen molar-refractivity contribution in [3.63, 3.8) is 0 Å². The molecule has 1 aromatic heterocycles. The summed E-state index contributed by atoms with van der Waals surface area (Å²) in [5.74, 6) is 0.500. The maximum atomic E-state index is 12.6. The molecule has 0 radical (unpaired) electrons. The minimum Gasteiger partial charge on any atom is -0.353 e. The summed E-state index contributed by atoms with van der Waals surface area (Å²) in [6, 6.07) is 8.01. The van der Waals surface area contributed by atoms with E-state index in [1.807, 2.05) is 32.3 Å². The minimum absolute atomic E-state index is 0.0465. The highest BCUT2D eigenvalue weighted by molar-refractivity contribution is 6.06. The number of benzene rings is 1. The van der Waals surface area contributed by atoms with Crippen molar-refractivity contribution < 1.29 is 4.79 Å². The molecule has 0 fully saturated rings. The molecule has 1 aliphatic heterocycles. The second-order valence-corrected chi connectivity index (χ2v) is 5.86. The Morgan fingerprint density at radius 2 is 2.00 bits per heavy atom. The number of rotatable bonds is 5. The first kappa shape index (κ1) is 15.4. The third-order valence-corrected chi connectivity index (χ3v) is 3.87. The second-order valence-electron chi connectivity index (χ2n) is 5.86. The molecule has 1 aromatic carbocycles. The van der Waals surface area contributed by atoms with Gasteiger partial charge in [0.15, 0.2) is 0 Å². The molecule has 6 nitrogen and oxygen atoms in total. The number of nitrogens with zero attached hydrogens (tertiary/aromatic N) is 4. The summed E-state index contributed by atoms with van der Waals surface area (Å²) in [4.78, 5) is 25.0. The van der Waals surface area contributed by atoms with Gasteiger partial charge in [-0.15, -0.1) is 0 Å². The lowest BCUT2D eigenvalue weighted by molar-refractivity contribution is 0.0988. The number of hydrogen-bond donors (Lipinski definition) is 1. The number of nitrogens with one attached hydrogen (secondary N) is 1. The van der Waals surface area contributed by atoms with Crippen molar-refractivity contribution in [3.8, 4) is 0 Å². The summed E-state index contributed by atoms with van der Waals surface area (Å²) >= 11 is 0. The van der Waals surface area contributed by atoms with Gasteiger partial charge in [-0.2, -0.15) is 0 Å². The molecule has 0 aliphatic carbocycles. The van der Waals surface area contributed by atoms with Crippen molar-refractivity contribution in [2.24, 2.45) is 0 Å². The van der Waals surface area contributed by atoms with Gasteiger partial charge >= 0.3 is 0 Å². The summed E-state index contributed by atoms with van der Waals surface area (Å²) in [6.45, 7) is 2.37. The Balaban J connectivity index is 1.67. The van der Waals surface area contributed by atoms with Crippen LogP contribution in [0.25, 0.3) is 0 Å². The van der Waals surface area contributed by atoms with Gasteiger partial charge in [0.25, 0.3) is 5.91 Å². The van der Waals surface area contributed by atoms with Gasteiger partial charge in [-0.25, -0.2) is 9.97 Å². The molecule has 120 valence electrons. The van der Waals surface area contributed by atoms with Crippen LogP contribution in [0.2, 0.25) is 0 Å². The van der Waals surface area contributed by atoms with Crippen molar-refractivity contribution in [2.75, 3.05) is 43.9 Å². The minimum atomic E-state index is -0.0465. The van der Waals surface area contributed by atoms with Crippen LogP contribution in [0.5, 0.6) is 0 Å². The molecule has 23 heavy (non-hydrogen) atoms. The summed E-state index contributed by atoms with van der Waals surface area (Å²) in [6.07, 6.45) is 4.08. The number of para-hydroxylation sites is 1. The fourth-order valence-electron chi connectivity index (χ4n) is 2.63. The summed E-state index contributed by atoms with van der Waals surface area (Å²) in [5, 5.41) is 3.14. The molecule has 2 heterocycles. The molecular formula is C17H21N5O. The van der Waals surface area contributed by atoms with E-state index >= 15 is 0 Å². The molecule has 1 N–H and O–H groups in total. The fourth-order valence-corrected chi connectivity index (χ4v) is 2.63. The summed E-state index contributed by atoms with van der Waals surface area (Å²) in [7, 11) is 4.02. The number of aromatic nitrogens is 2. The smallest absolute Gasteiger partial charge is 0.261 e. The Morgan fingerprint density at radius 1 is 1.26 bits per heavy atom. The van der Waals surface area contributed by atoms with Crippen LogP contribution in [0.4, 0.5) is 11.6 Å². The number of hydrogen-bond acceptors (Lipinski definition) is 5. The Labute approximate surface area is 136 Å². The van der Waals surface area contributed by atoms with E-state index in [0.717, 1.165) is 25.2 Å². The molecule has 1 aliphatic rings. The normalized spacial score (nSPS) is 13.3. The zero-order valence-electron chi connectivity index (χ0n) is 13.5. The Morgan fingerprint density at radius 3 is 2.74 bits per heavy atom. The van der Waals surface area contributed by atoms with Gasteiger partial charge in [-0.3, -0.25) is 4.79 Å². The highest BCUT2D eigenvalue weighted by atomic mass is 16.2. The lowest BCUT2D eigenvalue weighted by atomic mass is 10.2. The van der Waals surface area contributed by atoms with E-state index in [-0.39, 0.29) is 5.91 Å². The number of carbonyl (C=O) groups excluding carboxylic acids is 1. The maximum absolute atomic E-state index is 12.6. The molecular weight excluding hydrogens is 290 g/mol. The average Bonchev–Trinajstić information content (AvgIpc) is 2.98. The number of anilines is 2. The van der Waals surface area contributed by atoms with Crippen molar-refractivity contribution in [3.05, 3.63) is 47.8 Å². The topological polar surface area (TPSA) is 61.4 Å². The van der Waals surface area contributed by atoms with Crippen LogP contribution < -0.4 is 10.2 Å². The van der Waals surface area contributed by atoms with Crippen LogP contribution in [0.3, 0.4) is 0 Å². The molecule has 0 atom stereocenters. The standard InChI is InChI=1S/C17H21N5O/c1-21(2)10-8-18-17-19-11-14(12-20-17)16(23)22-9-7-13-5-3-4-6-15(13)22/h3-6,11-12H,7-10H2,1-2H3,(H,18,19,20). The SMILES string of the molecule is CN(C)CCNc1ncc(C(=O)N2CCc3ccccc32)cn1. The Hall–Kier alpha value is -2.47. The first-order valence-electron chi connectivity index (χ1n) is 7.75. The number of carbonyl (C=O) groups is 1. The third-order valence-electron chi connectivity index (χ3n) is 3.87. The van der Waals surface area contributed by atoms with Gasteiger partial charge < -0.3 is 15.1 Å². The van der Waals surface area contributed by atoms with Crippen molar-refractivity contribution >= 4 is 17.5 Å². The van der Waals surface area contributed by atoms with Crippen LogP contribution in [0.15, 0.2) is 36.7 Å². The molecule has 0 bridgehead atoms. The molecule has 0 spiro atoms. The van der Waals surface area contributed by atoms with E-state index in [2.05, 4.69) is 26.3 Å². The second kappa shape index (κ2) is 6.75. The van der Waals surface area contributed by atoms with E-state index in [0.29, 0.717) is 18.1 Å².